The van der Waals surface area contributed by atoms with E-state index in [2.05, 4.69) is 18.2 Å². The van der Waals surface area contributed by atoms with E-state index in [1.165, 1.54) is 49.4 Å². The van der Waals surface area contributed by atoms with Crippen LogP contribution in [0.15, 0.2) is 18.2 Å². The van der Waals surface area contributed by atoms with E-state index in [1.807, 2.05) is 6.92 Å². The van der Waals surface area contributed by atoms with Gasteiger partial charge in [0.05, 0.1) is 12.4 Å². The third-order valence-electron chi connectivity index (χ3n) is 4.88. The van der Waals surface area contributed by atoms with Crippen molar-refractivity contribution >= 4 is 23.5 Å². The van der Waals surface area contributed by atoms with Gasteiger partial charge in [-0.1, -0.05) is 31.4 Å². The molecule has 124 valence electrons. The lowest BCUT2D eigenvalue weighted by Gasteiger charge is -2.23. The normalized spacial score (nSPS) is 22.3. The molecule has 4 heteroatoms. The molecule has 1 heterocycles. The average molecular weight is 332 g/mol. The van der Waals surface area contributed by atoms with Gasteiger partial charge >= 0.3 is 5.97 Å². The van der Waals surface area contributed by atoms with E-state index in [1.54, 1.807) is 0 Å². The molecular formula is C19H24O3S. The number of carbonyl (C=O) groups is 2. The number of carbonyl (C=O) groups excluding carboxylic acids is 2. The van der Waals surface area contributed by atoms with Gasteiger partial charge in [-0.25, -0.2) is 0 Å². The summed E-state index contributed by atoms with van der Waals surface area (Å²) in [7, 11) is 0. The van der Waals surface area contributed by atoms with E-state index in [-0.39, 0.29) is 17.0 Å². The summed E-state index contributed by atoms with van der Waals surface area (Å²) in [6.07, 6.45) is 6.96. The Labute approximate surface area is 142 Å². The Balaban J connectivity index is 1.83. The van der Waals surface area contributed by atoms with Gasteiger partial charge in [0.25, 0.3) is 0 Å². The van der Waals surface area contributed by atoms with E-state index < -0.39 is 0 Å². The summed E-state index contributed by atoms with van der Waals surface area (Å²) >= 11 is 1.41. The Bertz CT molecular complexity index is 590. The first-order chi connectivity index (χ1) is 11.2. The molecule has 23 heavy (non-hydrogen) atoms. The van der Waals surface area contributed by atoms with Crippen molar-refractivity contribution in [2.45, 2.75) is 56.6 Å². The third-order valence-corrected chi connectivity index (χ3v) is 6.07. The molecule has 0 saturated heterocycles. The molecule has 1 saturated carbocycles. The van der Waals surface area contributed by atoms with Crippen LogP contribution in [0.4, 0.5) is 0 Å². The zero-order valence-electron chi connectivity index (χ0n) is 13.7. The second-order valence-electron chi connectivity index (χ2n) is 6.43. The number of rotatable bonds is 3. The predicted molar refractivity (Wildman–Crippen MR) is 93.2 cm³/mol. The molecule has 1 fully saturated rings. The standard InChI is InChI=1S/C19H24O3S/c1-2-22-19(21)18-11-15-9-8-14(13-6-4-3-5-7-13)10-16(15)17(20)12-23-18/h8-10,13,18H,2-7,11-12H2,1H3. The van der Waals surface area contributed by atoms with Crippen molar-refractivity contribution in [2.24, 2.45) is 0 Å². The van der Waals surface area contributed by atoms with E-state index in [9.17, 15) is 9.59 Å². The minimum Gasteiger partial charge on any atom is -0.465 e. The lowest BCUT2D eigenvalue weighted by atomic mass is 9.82. The molecule has 1 aliphatic carbocycles. The van der Waals surface area contributed by atoms with Crippen molar-refractivity contribution in [3.63, 3.8) is 0 Å². The van der Waals surface area contributed by atoms with Gasteiger partial charge < -0.3 is 4.74 Å². The summed E-state index contributed by atoms with van der Waals surface area (Å²) in [5.41, 5.74) is 3.13. The number of esters is 1. The minimum atomic E-state index is -0.263. The Morgan fingerprint density at radius 3 is 2.78 bits per heavy atom. The van der Waals surface area contributed by atoms with Gasteiger partial charge in [0, 0.05) is 5.56 Å². The Morgan fingerprint density at radius 2 is 2.04 bits per heavy atom. The molecule has 3 nitrogen and oxygen atoms in total. The fourth-order valence-corrected chi connectivity index (χ4v) is 4.63. The maximum Gasteiger partial charge on any atom is 0.319 e. The molecule has 0 radical (unpaired) electrons. The first-order valence-electron chi connectivity index (χ1n) is 8.63. The number of ether oxygens (including phenoxy) is 1. The second-order valence-corrected chi connectivity index (χ2v) is 7.62. The van der Waals surface area contributed by atoms with Crippen LogP contribution in [0.3, 0.4) is 0 Å². The number of thioether (sulfide) groups is 1. The largest absolute Gasteiger partial charge is 0.465 e. The number of benzene rings is 1. The minimum absolute atomic E-state index is 0.148. The molecule has 1 unspecified atom stereocenters. The van der Waals surface area contributed by atoms with Crippen LogP contribution in [-0.2, 0) is 16.0 Å². The van der Waals surface area contributed by atoms with Gasteiger partial charge in [-0.2, -0.15) is 0 Å². The number of hydrogen-bond donors (Lipinski definition) is 0. The number of fused-ring (bicyclic) bond motifs is 1. The lowest BCUT2D eigenvalue weighted by Crippen LogP contribution is -2.22. The van der Waals surface area contributed by atoms with Crippen molar-refractivity contribution in [1.82, 2.24) is 0 Å². The number of hydrogen-bond acceptors (Lipinski definition) is 4. The molecule has 1 aromatic rings. The van der Waals surface area contributed by atoms with Gasteiger partial charge in [-0.3, -0.25) is 9.59 Å². The van der Waals surface area contributed by atoms with Crippen molar-refractivity contribution in [1.29, 1.82) is 0 Å². The van der Waals surface area contributed by atoms with Gasteiger partial charge in [-0.15, -0.1) is 11.8 Å². The summed E-state index contributed by atoms with van der Waals surface area (Å²) < 4.78 is 5.14. The van der Waals surface area contributed by atoms with Crippen molar-refractivity contribution in [3.05, 3.63) is 34.9 Å². The van der Waals surface area contributed by atoms with Crippen LogP contribution in [0.25, 0.3) is 0 Å². The lowest BCUT2D eigenvalue weighted by molar-refractivity contribution is -0.142. The summed E-state index contributed by atoms with van der Waals surface area (Å²) in [6, 6.07) is 6.33. The summed E-state index contributed by atoms with van der Waals surface area (Å²) in [5.74, 6) is 0.910. The highest BCUT2D eigenvalue weighted by molar-refractivity contribution is 8.01. The van der Waals surface area contributed by atoms with Crippen LogP contribution < -0.4 is 0 Å². The molecule has 0 aromatic heterocycles. The topological polar surface area (TPSA) is 43.4 Å². The molecule has 1 aliphatic heterocycles. The highest BCUT2D eigenvalue weighted by atomic mass is 32.2. The third kappa shape index (κ3) is 3.79. The predicted octanol–water partition coefficient (Wildman–Crippen LogP) is 4.14. The summed E-state index contributed by atoms with van der Waals surface area (Å²) in [4.78, 5) is 24.5. The Kier molecular flexibility index (Phi) is 5.42. The van der Waals surface area contributed by atoms with E-state index >= 15 is 0 Å². The quantitative estimate of drug-likeness (QED) is 0.780. The fraction of sp³-hybridized carbons (Fsp3) is 0.579. The van der Waals surface area contributed by atoms with Gasteiger partial charge in [0.15, 0.2) is 5.78 Å². The van der Waals surface area contributed by atoms with Crippen LogP contribution in [0, 0.1) is 0 Å². The fourth-order valence-electron chi connectivity index (χ4n) is 3.62. The molecule has 0 N–H and O–H groups in total. The van der Waals surface area contributed by atoms with Gasteiger partial charge in [0.1, 0.15) is 5.25 Å². The molecule has 0 amide bonds. The second kappa shape index (κ2) is 7.52. The Morgan fingerprint density at radius 1 is 1.26 bits per heavy atom. The first-order valence-corrected chi connectivity index (χ1v) is 9.68. The average Bonchev–Trinajstić information content (AvgIpc) is 2.75. The monoisotopic (exact) mass is 332 g/mol. The van der Waals surface area contributed by atoms with Crippen molar-refractivity contribution in [3.8, 4) is 0 Å². The van der Waals surface area contributed by atoms with Crippen LogP contribution >= 0.6 is 11.8 Å². The van der Waals surface area contributed by atoms with Crippen LogP contribution in [-0.4, -0.2) is 29.4 Å². The zero-order valence-corrected chi connectivity index (χ0v) is 14.5. The molecular weight excluding hydrogens is 308 g/mol. The summed E-state index contributed by atoms with van der Waals surface area (Å²) in [6.45, 7) is 2.20. The molecule has 1 aromatic carbocycles. The molecule has 2 aliphatic rings. The Hall–Kier alpha value is -1.29. The molecule has 0 bridgehead atoms. The summed E-state index contributed by atoms with van der Waals surface area (Å²) in [5, 5.41) is -0.263. The SMILES string of the molecule is CCOC(=O)C1Cc2ccc(C3CCCCC3)cc2C(=O)CS1. The van der Waals surface area contributed by atoms with E-state index in [0.717, 1.165) is 11.1 Å². The molecule has 0 spiro atoms. The van der Waals surface area contributed by atoms with Gasteiger partial charge in [0.2, 0.25) is 0 Å². The maximum atomic E-state index is 12.5. The van der Waals surface area contributed by atoms with Crippen molar-refractivity contribution in [2.75, 3.05) is 12.4 Å². The smallest absolute Gasteiger partial charge is 0.319 e. The maximum absolute atomic E-state index is 12.5. The van der Waals surface area contributed by atoms with Crippen LogP contribution in [0.5, 0.6) is 0 Å². The highest BCUT2D eigenvalue weighted by Crippen LogP contribution is 2.35. The van der Waals surface area contributed by atoms with Crippen LogP contribution in [0.2, 0.25) is 0 Å². The molecule has 3 rings (SSSR count). The zero-order chi connectivity index (χ0) is 16.2. The highest BCUT2D eigenvalue weighted by Gasteiger charge is 2.29. The van der Waals surface area contributed by atoms with E-state index in [4.69, 9.17) is 4.74 Å². The van der Waals surface area contributed by atoms with Gasteiger partial charge in [-0.05, 0) is 49.3 Å². The number of ketones is 1. The number of Topliss-reactive ketones (excluding diaryl/α,β-unsaturated/α-hetero) is 1. The molecule has 1 atom stereocenters. The van der Waals surface area contributed by atoms with E-state index in [0.29, 0.717) is 24.7 Å². The first kappa shape index (κ1) is 16.6. The van der Waals surface area contributed by atoms with Crippen molar-refractivity contribution < 1.29 is 14.3 Å². The van der Waals surface area contributed by atoms with Crippen LogP contribution in [0.1, 0.15) is 66.4 Å².